The van der Waals surface area contributed by atoms with E-state index < -0.39 is 0 Å². The quantitative estimate of drug-likeness (QED) is 0.728. The number of hydrogen-bond donors (Lipinski definition) is 1. The zero-order valence-electron chi connectivity index (χ0n) is 10.4. The molecule has 1 fully saturated rings. The van der Waals surface area contributed by atoms with E-state index in [9.17, 15) is 0 Å². The van der Waals surface area contributed by atoms with Crippen molar-refractivity contribution >= 4 is 0 Å². The fourth-order valence-electron chi connectivity index (χ4n) is 2.23. The SMILES string of the molecule is CCNC(C#N)CN1CCC(COC)CC1. The summed E-state index contributed by atoms with van der Waals surface area (Å²) in [4.78, 5) is 2.38. The average Bonchev–Trinajstić information content (AvgIpc) is 2.31. The van der Waals surface area contributed by atoms with Gasteiger partial charge in [0, 0.05) is 20.3 Å². The van der Waals surface area contributed by atoms with E-state index in [2.05, 4.69) is 16.3 Å². The highest BCUT2D eigenvalue weighted by Gasteiger charge is 2.20. The maximum absolute atomic E-state index is 8.96. The molecule has 0 radical (unpaired) electrons. The molecule has 0 aliphatic carbocycles. The molecule has 4 heteroatoms. The molecule has 1 aliphatic rings. The summed E-state index contributed by atoms with van der Waals surface area (Å²) in [5.41, 5.74) is 0. The summed E-state index contributed by atoms with van der Waals surface area (Å²) in [6.45, 7) is 6.81. The lowest BCUT2D eigenvalue weighted by Gasteiger charge is -2.32. The van der Waals surface area contributed by atoms with E-state index in [1.807, 2.05) is 6.92 Å². The van der Waals surface area contributed by atoms with Crippen molar-refractivity contribution in [3.05, 3.63) is 0 Å². The van der Waals surface area contributed by atoms with Gasteiger partial charge < -0.3 is 15.0 Å². The minimum Gasteiger partial charge on any atom is -0.384 e. The van der Waals surface area contributed by atoms with Crippen molar-refractivity contribution in [2.45, 2.75) is 25.8 Å². The van der Waals surface area contributed by atoms with Gasteiger partial charge in [0.05, 0.1) is 6.07 Å². The first-order chi connectivity index (χ1) is 7.80. The van der Waals surface area contributed by atoms with Crippen LogP contribution in [-0.4, -0.2) is 50.8 Å². The molecule has 0 spiro atoms. The summed E-state index contributed by atoms with van der Waals surface area (Å²) in [6.07, 6.45) is 2.39. The van der Waals surface area contributed by atoms with Gasteiger partial charge in [-0.2, -0.15) is 5.26 Å². The molecule has 1 unspecified atom stereocenters. The van der Waals surface area contributed by atoms with Crippen LogP contribution in [0.15, 0.2) is 0 Å². The minimum atomic E-state index is -0.0241. The Kier molecular flexibility index (Phi) is 6.39. The lowest BCUT2D eigenvalue weighted by Crippen LogP contribution is -2.44. The largest absolute Gasteiger partial charge is 0.384 e. The van der Waals surface area contributed by atoms with Gasteiger partial charge in [0.1, 0.15) is 6.04 Å². The van der Waals surface area contributed by atoms with Crippen molar-refractivity contribution < 1.29 is 4.74 Å². The monoisotopic (exact) mass is 225 g/mol. The molecule has 1 rings (SSSR count). The van der Waals surface area contributed by atoms with Crippen molar-refractivity contribution in [1.82, 2.24) is 10.2 Å². The van der Waals surface area contributed by atoms with Crippen LogP contribution in [0.4, 0.5) is 0 Å². The Bertz CT molecular complexity index is 219. The number of rotatable bonds is 6. The van der Waals surface area contributed by atoms with Crippen molar-refractivity contribution in [2.75, 3.05) is 39.9 Å². The first-order valence-electron chi connectivity index (χ1n) is 6.14. The molecular formula is C12H23N3O. The van der Waals surface area contributed by atoms with Gasteiger partial charge >= 0.3 is 0 Å². The van der Waals surface area contributed by atoms with Gasteiger partial charge in [0.15, 0.2) is 0 Å². The molecule has 92 valence electrons. The van der Waals surface area contributed by atoms with Crippen LogP contribution in [0.25, 0.3) is 0 Å². The summed E-state index contributed by atoms with van der Waals surface area (Å²) in [7, 11) is 1.77. The topological polar surface area (TPSA) is 48.3 Å². The van der Waals surface area contributed by atoms with Crippen LogP contribution in [0.3, 0.4) is 0 Å². The maximum Gasteiger partial charge on any atom is 0.108 e. The number of nitrogens with zero attached hydrogens (tertiary/aromatic N) is 2. The summed E-state index contributed by atoms with van der Waals surface area (Å²) < 4.78 is 5.17. The molecule has 1 atom stereocenters. The molecule has 1 heterocycles. The highest BCUT2D eigenvalue weighted by atomic mass is 16.5. The minimum absolute atomic E-state index is 0.0241. The van der Waals surface area contributed by atoms with Gasteiger partial charge in [-0.1, -0.05) is 6.92 Å². The van der Waals surface area contributed by atoms with Crippen LogP contribution in [-0.2, 0) is 4.74 Å². The van der Waals surface area contributed by atoms with E-state index in [1.165, 1.54) is 12.8 Å². The molecule has 0 aromatic rings. The summed E-state index contributed by atoms with van der Waals surface area (Å²) in [5, 5.41) is 12.2. The van der Waals surface area contributed by atoms with Gasteiger partial charge in [-0.3, -0.25) is 0 Å². The van der Waals surface area contributed by atoms with Crippen LogP contribution < -0.4 is 5.32 Å². The molecule has 0 saturated carbocycles. The predicted octanol–water partition coefficient (Wildman–Crippen LogP) is 0.846. The van der Waals surface area contributed by atoms with E-state index in [-0.39, 0.29) is 6.04 Å². The molecule has 1 saturated heterocycles. The third-order valence-corrected chi connectivity index (χ3v) is 3.16. The normalized spacial score (nSPS) is 20.6. The number of ether oxygens (including phenoxy) is 1. The Morgan fingerprint density at radius 3 is 2.69 bits per heavy atom. The first kappa shape index (κ1) is 13.4. The highest BCUT2D eigenvalue weighted by molar-refractivity contribution is 4.92. The Morgan fingerprint density at radius 2 is 2.19 bits per heavy atom. The van der Waals surface area contributed by atoms with Gasteiger partial charge in [0.2, 0.25) is 0 Å². The molecule has 1 aliphatic heterocycles. The molecule has 0 amide bonds. The zero-order chi connectivity index (χ0) is 11.8. The Morgan fingerprint density at radius 1 is 1.50 bits per heavy atom. The summed E-state index contributed by atoms with van der Waals surface area (Å²) >= 11 is 0. The molecule has 0 aromatic heterocycles. The Labute approximate surface area is 98.6 Å². The van der Waals surface area contributed by atoms with Crippen LogP contribution in [0.1, 0.15) is 19.8 Å². The third-order valence-electron chi connectivity index (χ3n) is 3.16. The lowest BCUT2D eigenvalue weighted by atomic mass is 9.97. The second-order valence-corrected chi connectivity index (χ2v) is 4.44. The number of piperidine rings is 1. The maximum atomic E-state index is 8.96. The van der Waals surface area contributed by atoms with E-state index in [1.54, 1.807) is 7.11 Å². The first-order valence-corrected chi connectivity index (χ1v) is 6.14. The molecular weight excluding hydrogens is 202 g/mol. The van der Waals surface area contributed by atoms with Crippen molar-refractivity contribution in [3.8, 4) is 6.07 Å². The number of hydrogen-bond acceptors (Lipinski definition) is 4. The van der Waals surface area contributed by atoms with Crippen LogP contribution in [0, 0.1) is 17.2 Å². The van der Waals surface area contributed by atoms with E-state index >= 15 is 0 Å². The second-order valence-electron chi connectivity index (χ2n) is 4.44. The molecule has 4 nitrogen and oxygen atoms in total. The van der Waals surface area contributed by atoms with Gasteiger partial charge in [-0.15, -0.1) is 0 Å². The fourth-order valence-corrected chi connectivity index (χ4v) is 2.23. The van der Waals surface area contributed by atoms with Crippen LogP contribution in [0.2, 0.25) is 0 Å². The van der Waals surface area contributed by atoms with E-state index in [0.717, 1.165) is 32.8 Å². The highest BCUT2D eigenvalue weighted by Crippen LogP contribution is 2.17. The predicted molar refractivity (Wildman–Crippen MR) is 64.1 cm³/mol. The standard InChI is InChI=1S/C12H23N3O/c1-3-14-12(8-13)9-15-6-4-11(5-7-15)10-16-2/h11-12,14H,3-7,9-10H2,1-2H3. The summed E-state index contributed by atoms with van der Waals surface area (Å²) in [6, 6.07) is 2.29. The van der Waals surface area contributed by atoms with Crippen molar-refractivity contribution in [2.24, 2.45) is 5.92 Å². The Balaban J connectivity index is 2.23. The fraction of sp³-hybridized carbons (Fsp3) is 0.917. The third kappa shape index (κ3) is 4.48. The van der Waals surface area contributed by atoms with E-state index in [0.29, 0.717) is 5.92 Å². The molecule has 1 N–H and O–H groups in total. The van der Waals surface area contributed by atoms with Crippen LogP contribution in [0.5, 0.6) is 0 Å². The number of nitriles is 1. The average molecular weight is 225 g/mol. The molecule has 0 bridgehead atoms. The van der Waals surface area contributed by atoms with Gasteiger partial charge in [0.25, 0.3) is 0 Å². The molecule has 16 heavy (non-hydrogen) atoms. The lowest BCUT2D eigenvalue weighted by molar-refractivity contribution is 0.0976. The second kappa shape index (κ2) is 7.61. The van der Waals surface area contributed by atoms with Crippen molar-refractivity contribution in [3.63, 3.8) is 0 Å². The smallest absolute Gasteiger partial charge is 0.108 e. The molecule has 0 aromatic carbocycles. The Hall–Kier alpha value is -0.630. The van der Waals surface area contributed by atoms with Gasteiger partial charge in [-0.05, 0) is 38.4 Å². The number of likely N-dealkylation sites (N-methyl/N-ethyl adjacent to an activating group) is 1. The van der Waals surface area contributed by atoms with Gasteiger partial charge in [-0.25, -0.2) is 0 Å². The summed E-state index contributed by atoms with van der Waals surface area (Å²) in [5.74, 6) is 0.709. The number of nitrogens with one attached hydrogen (secondary N) is 1. The number of methoxy groups -OCH3 is 1. The van der Waals surface area contributed by atoms with Crippen molar-refractivity contribution in [1.29, 1.82) is 5.26 Å². The van der Waals surface area contributed by atoms with Crippen LogP contribution >= 0.6 is 0 Å². The van der Waals surface area contributed by atoms with E-state index in [4.69, 9.17) is 10.00 Å². The number of likely N-dealkylation sites (tertiary alicyclic amines) is 1. The zero-order valence-corrected chi connectivity index (χ0v) is 10.4.